The van der Waals surface area contributed by atoms with Gasteiger partial charge in [-0.2, -0.15) is 0 Å². The molecule has 1 aromatic carbocycles. The third-order valence-electron chi connectivity index (χ3n) is 7.05. The molecule has 1 heterocycles. The summed E-state index contributed by atoms with van der Waals surface area (Å²) in [6.45, 7) is 14.0. The SMILES string of the molecule is CCN(c1cc(Br)cc(C(=O)NCc2c(C)cc(C)[nH]c2=O)c1C)C1(NC(=O)OC(C)(C)C)CCCCC1. The molecule has 1 fully saturated rings. The standard InChI is InChI=1S/C29H41BrN4O4/c1-8-34(29(12-10-9-11-13-29)33-27(37)38-28(5,6)7)24-16-21(30)15-22(20(24)4)25(35)31-17-23-18(2)14-19(3)32-26(23)36/h14-16H,8-13,17H2,1-7H3,(H,31,35)(H,32,36)(H,33,37). The van der Waals surface area contributed by atoms with Crippen LogP contribution >= 0.6 is 15.9 Å². The van der Waals surface area contributed by atoms with Gasteiger partial charge in [0.05, 0.1) is 0 Å². The number of pyridine rings is 1. The summed E-state index contributed by atoms with van der Waals surface area (Å²) in [5.74, 6) is -0.265. The number of aromatic nitrogens is 1. The third kappa shape index (κ3) is 6.98. The second-order valence-electron chi connectivity index (χ2n) is 11.2. The largest absolute Gasteiger partial charge is 0.444 e. The number of alkyl carbamates (subject to hydrolysis) is 1. The van der Waals surface area contributed by atoms with E-state index in [9.17, 15) is 14.4 Å². The van der Waals surface area contributed by atoms with Gasteiger partial charge in [0.2, 0.25) is 0 Å². The predicted molar refractivity (Wildman–Crippen MR) is 155 cm³/mol. The van der Waals surface area contributed by atoms with Gasteiger partial charge >= 0.3 is 6.09 Å². The number of rotatable bonds is 7. The van der Waals surface area contributed by atoms with Crippen LogP contribution in [-0.4, -0.2) is 34.8 Å². The Kier molecular flexibility index (Phi) is 9.34. The number of benzene rings is 1. The first kappa shape index (κ1) is 29.7. The van der Waals surface area contributed by atoms with Crippen LogP contribution in [0.15, 0.2) is 27.5 Å². The summed E-state index contributed by atoms with van der Waals surface area (Å²) in [5.41, 5.74) is 2.92. The Hall–Kier alpha value is -2.81. The number of halogens is 1. The monoisotopic (exact) mass is 588 g/mol. The highest BCUT2D eigenvalue weighted by atomic mass is 79.9. The Bertz CT molecular complexity index is 1240. The van der Waals surface area contributed by atoms with E-state index >= 15 is 0 Å². The van der Waals surface area contributed by atoms with E-state index < -0.39 is 17.4 Å². The number of carbonyl (C=O) groups is 2. The van der Waals surface area contributed by atoms with Crippen molar-refractivity contribution in [3.63, 3.8) is 0 Å². The second-order valence-corrected chi connectivity index (χ2v) is 12.1. The first-order valence-electron chi connectivity index (χ1n) is 13.3. The molecule has 0 aliphatic heterocycles. The Morgan fingerprint density at radius 1 is 1.11 bits per heavy atom. The maximum absolute atomic E-state index is 13.4. The van der Waals surface area contributed by atoms with Crippen molar-refractivity contribution in [2.24, 2.45) is 0 Å². The van der Waals surface area contributed by atoms with Gasteiger partial charge in [0.25, 0.3) is 11.5 Å². The minimum Gasteiger partial charge on any atom is -0.444 e. The number of aryl methyl sites for hydroxylation is 2. The normalized spacial score (nSPS) is 15.1. The van der Waals surface area contributed by atoms with Crippen molar-refractivity contribution in [2.75, 3.05) is 11.4 Å². The van der Waals surface area contributed by atoms with E-state index in [1.807, 2.05) is 53.7 Å². The smallest absolute Gasteiger partial charge is 0.409 e. The molecule has 38 heavy (non-hydrogen) atoms. The van der Waals surface area contributed by atoms with Crippen molar-refractivity contribution in [2.45, 2.75) is 98.4 Å². The summed E-state index contributed by atoms with van der Waals surface area (Å²) in [7, 11) is 0. The van der Waals surface area contributed by atoms with E-state index in [1.165, 1.54) is 0 Å². The van der Waals surface area contributed by atoms with Crippen molar-refractivity contribution >= 4 is 33.6 Å². The summed E-state index contributed by atoms with van der Waals surface area (Å²) in [4.78, 5) is 43.8. The number of ether oxygens (including phenoxy) is 1. The molecule has 3 N–H and O–H groups in total. The van der Waals surface area contributed by atoms with Crippen molar-refractivity contribution in [3.8, 4) is 0 Å². The molecule has 1 saturated carbocycles. The fourth-order valence-corrected chi connectivity index (χ4v) is 5.79. The van der Waals surface area contributed by atoms with Crippen LogP contribution in [0.5, 0.6) is 0 Å². The zero-order chi connectivity index (χ0) is 28.3. The van der Waals surface area contributed by atoms with E-state index in [4.69, 9.17) is 4.74 Å². The van der Waals surface area contributed by atoms with Crippen molar-refractivity contribution in [3.05, 3.63) is 61.0 Å². The molecule has 0 unspecified atom stereocenters. The lowest BCUT2D eigenvalue weighted by molar-refractivity contribution is 0.0420. The summed E-state index contributed by atoms with van der Waals surface area (Å²) in [5, 5.41) is 6.14. The van der Waals surface area contributed by atoms with Crippen LogP contribution in [0.3, 0.4) is 0 Å². The van der Waals surface area contributed by atoms with E-state index in [0.717, 1.165) is 59.1 Å². The van der Waals surface area contributed by atoms with Crippen molar-refractivity contribution in [1.82, 2.24) is 15.6 Å². The van der Waals surface area contributed by atoms with Gasteiger partial charge in [-0.25, -0.2) is 4.79 Å². The average molecular weight is 590 g/mol. The van der Waals surface area contributed by atoms with Crippen LogP contribution in [0.2, 0.25) is 0 Å². The zero-order valence-corrected chi connectivity index (χ0v) is 25.2. The molecule has 0 spiro atoms. The van der Waals surface area contributed by atoms with Crippen LogP contribution in [0.25, 0.3) is 0 Å². The Labute approximate surface area is 234 Å². The van der Waals surface area contributed by atoms with Crippen LogP contribution in [0, 0.1) is 20.8 Å². The minimum absolute atomic E-state index is 0.128. The molecule has 1 aliphatic carbocycles. The van der Waals surface area contributed by atoms with Gasteiger partial charge in [-0.15, -0.1) is 0 Å². The molecule has 9 heteroatoms. The van der Waals surface area contributed by atoms with E-state index in [0.29, 0.717) is 17.7 Å². The Morgan fingerprint density at radius 3 is 2.34 bits per heavy atom. The number of amides is 2. The van der Waals surface area contributed by atoms with Crippen LogP contribution in [0.4, 0.5) is 10.5 Å². The fourth-order valence-electron chi connectivity index (χ4n) is 5.34. The zero-order valence-electron chi connectivity index (χ0n) is 23.6. The predicted octanol–water partition coefficient (Wildman–Crippen LogP) is 6.00. The van der Waals surface area contributed by atoms with Crippen LogP contribution in [-0.2, 0) is 11.3 Å². The maximum atomic E-state index is 13.4. The van der Waals surface area contributed by atoms with Gasteiger partial charge in [-0.05, 0) is 103 Å². The first-order chi connectivity index (χ1) is 17.8. The van der Waals surface area contributed by atoms with Crippen LogP contribution < -0.4 is 21.1 Å². The summed E-state index contributed by atoms with van der Waals surface area (Å²) < 4.78 is 6.39. The van der Waals surface area contributed by atoms with Crippen molar-refractivity contribution in [1.29, 1.82) is 0 Å². The lowest BCUT2D eigenvalue weighted by atomic mass is 9.86. The lowest BCUT2D eigenvalue weighted by Crippen LogP contribution is -2.62. The number of hydrogen-bond donors (Lipinski definition) is 3. The molecular weight excluding hydrogens is 548 g/mol. The minimum atomic E-state index is -0.624. The maximum Gasteiger partial charge on any atom is 0.409 e. The lowest BCUT2D eigenvalue weighted by Gasteiger charge is -2.48. The average Bonchev–Trinajstić information content (AvgIpc) is 2.79. The molecule has 0 bridgehead atoms. The van der Waals surface area contributed by atoms with E-state index in [2.05, 4.69) is 43.4 Å². The van der Waals surface area contributed by atoms with E-state index in [-0.39, 0.29) is 18.0 Å². The number of H-pyrrole nitrogens is 1. The highest BCUT2D eigenvalue weighted by Gasteiger charge is 2.41. The molecule has 2 aromatic rings. The van der Waals surface area contributed by atoms with Crippen LogP contribution in [0.1, 0.15) is 92.5 Å². The number of aromatic amines is 1. The molecule has 2 amide bonds. The number of anilines is 1. The molecule has 1 aliphatic rings. The van der Waals surface area contributed by atoms with Gasteiger partial charge < -0.3 is 19.9 Å². The molecule has 1 aromatic heterocycles. The highest BCUT2D eigenvalue weighted by Crippen LogP contribution is 2.38. The molecule has 0 radical (unpaired) electrons. The molecule has 208 valence electrons. The molecule has 0 atom stereocenters. The van der Waals surface area contributed by atoms with Gasteiger partial charge in [0.15, 0.2) is 0 Å². The van der Waals surface area contributed by atoms with Gasteiger partial charge in [-0.3, -0.25) is 14.9 Å². The van der Waals surface area contributed by atoms with Gasteiger partial charge in [0.1, 0.15) is 11.3 Å². The Balaban J connectivity index is 1.95. The summed E-state index contributed by atoms with van der Waals surface area (Å²) >= 11 is 3.60. The number of hydrogen-bond acceptors (Lipinski definition) is 5. The number of nitrogens with zero attached hydrogens (tertiary/aromatic N) is 1. The topological polar surface area (TPSA) is 104 Å². The third-order valence-corrected chi connectivity index (χ3v) is 7.51. The molecule has 8 nitrogen and oxygen atoms in total. The quantitative estimate of drug-likeness (QED) is 0.344. The molecular formula is C29H41BrN4O4. The van der Waals surface area contributed by atoms with Gasteiger partial charge in [0, 0.05) is 40.1 Å². The van der Waals surface area contributed by atoms with Gasteiger partial charge in [-0.1, -0.05) is 22.4 Å². The second kappa shape index (κ2) is 11.9. The molecule has 0 saturated heterocycles. The summed E-state index contributed by atoms with van der Waals surface area (Å²) in [6, 6.07) is 5.69. The van der Waals surface area contributed by atoms with E-state index in [1.54, 1.807) is 6.07 Å². The Morgan fingerprint density at radius 2 is 1.76 bits per heavy atom. The highest BCUT2D eigenvalue weighted by molar-refractivity contribution is 9.10. The first-order valence-corrected chi connectivity index (χ1v) is 14.1. The fraction of sp³-hybridized carbons (Fsp3) is 0.552. The summed E-state index contributed by atoms with van der Waals surface area (Å²) in [6.07, 6.45) is 4.19. The molecule has 3 rings (SSSR count). The number of carbonyl (C=O) groups excluding carboxylic acids is 2. The number of nitrogens with one attached hydrogen (secondary N) is 3. The van der Waals surface area contributed by atoms with Crippen molar-refractivity contribution < 1.29 is 14.3 Å².